The van der Waals surface area contributed by atoms with Gasteiger partial charge in [-0.25, -0.2) is 4.79 Å². The van der Waals surface area contributed by atoms with Crippen molar-refractivity contribution in [2.24, 2.45) is 0 Å². The lowest BCUT2D eigenvalue weighted by molar-refractivity contribution is -0.114. The summed E-state index contributed by atoms with van der Waals surface area (Å²) in [5, 5.41) is 8.99. The summed E-state index contributed by atoms with van der Waals surface area (Å²) in [4.78, 5) is 24.6. The second-order valence-electron chi connectivity index (χ2n) is 4.27. The number of nitrogens with zero attached hydrogens (tertiary/aromatic N) is 1. The highest BCUT2D eigenvalue weighted by Gasteiger charge is 2.24. The summed E-state index contributed by atoms with van der Waals surface area (Å²) >= 11 is 0. The van der Waals surface area contributed by atoms with Crippen LogP contribution in [0.25, 0.3) is 0 Å². The molecule has 19 heavy (non-hydrogen) atoms. The molecule has 1 aromatic rings. The number of rotatable bonds is 3. The van der Waals surface area contributed by atoms with E-state index in [1.807, 2.05) is 13.0 Å². The number of anilines is 1. The Morgan fingerprint density at radius 2 is 2.11 bits per heavy atom. The third-order valence-electron chi connectivity index (χ3n) is 3.04. The highest BCUT2D eigenvalue weighted by atomic mass is 16.4. The maximum absolute atomic E-state index is 12.0. The van der Waals surface area contributed by atoms with Gasteiger partial charge in [0.05, 0.1) is 5.56 Å². The van der Waals surface area contributed by atoms with E-state index in [-0.39, 0.29) is 11.5 Å². The van der Waals surface area contributed by atoms with Crippen LogP contribution in [0, 0.1) is 0 Å². The number of carbonyl (C=O) groups is 2. The maximum Gasteiger partial charge on any atom is 0.335 e. The molecule has 0 aromatic heterocycles. The van der Waals surface area contributed by atoms with Crippen molar-refractivity contribution in [2.45, 2.75) is 13.3 Å². The predicted molar refractivity (Wildman–Crippen MR) is 73.4 cm³/mol. The van der Waals surface area contributed by atoms with Gasteiger partial charge in [0.15, 0.2) is 0 Å². The van der Waals surface area contributed by atoms with Gasteiger partial charge in [-0.05, 0) is 31.0 Å². The summed E-state index contributed by atoms with van der Waals surface area (Å²) in [6.07, 6.45) is 7.55. The van der Waals surface area contributed by atoms with Crippen LogP contribution in [0.5, 0.6) is 0 Å². The van der Waals surface area contributed by atoms with Crippen molar-refractivity contribution in [2.75, 3.05) is 11.4 Å². The number of hydrogen-bond donors (Lipinski definition) is 1. The van der Waals surface area contributed by atoms with Crippen LogP contribution in [0.3, 0.4) is 0 Å². The van der Waals surface area contributed by atoms with Crippen molar-refractivity contribution in [3.63, 3.8) is 0 Å². The lowest BCUT2D eigenvalue weighted by Crippen LogP contribution is -2.27. The molecule has 0 fully saturated rings. The number of fused-ring (bicyclic) bond motifs is 1. The van der Waals surface area contributed by atoms with Crippen LogP contribution >= 0.6 is 0 Å². The summed E-state index contributed by atoms with van der Waals surface area (Å²) in [5.41, 5.74) is 1.92. The van der Waals surface area contributed by atoms with E-state index < -0.39 is 5.97 Å². The second-order valence-corrected chi connectivity index (χ2v) is 4.27. The Morgan fingerprint density at radius 3 is 2.79 bits per heavy atom. The zero-order chi connectivity index (χ0) is 13.8. The van der Waals surface area contributed by atoms with Gasteiger partial charge in [-0.15, -0.1) is 0 Å². The number of carboxylic acid groups (broad SMARTS) is 1. The SMILES string of the molecule is CC=CC=CC(=O)N1CCc2ccc(C(=O)O)cc21. The van der Waals surface area contributed by atoms with E-state index >= 15 is 0 Å². The first-order valence-corrected chi connectivity index (χ1v) is 6.10. The van der Waals surface area contributed by atoms with Gasteiger partial charge in [-0.1, -0.05) is 24.3 Å². The Kier molecular flexibility index (Phi) is 3.80. The van der Waals surface area contributed by atoms with Crippen LogP contribution in [0.4, 0.5) is 5.69 Å². The number of carbonyl (C=O) groups excluding carboxylic acids is 1. The Labute approximate surface area is 111 Å². The van der Waals surface area contributed by atoms with Crippen molar-refractivity contribution >= 4 is 17.6 Å². The third-order valence-corrected chi connectivity index (χ3v) is 3.04. The smallest absolute Gasteiger partial charge is 0.335 e. The normalized spacial score (nSPS) is 14.3. The summed E-state index contributed by atoms with van der Waals surface area (Å²) in [5.74, 6) is -1.11. The highest BCUT2D eigenvalue weighted by Crippen LogP contribution is 2.29. The molecule has 0 spiro atoms. The van der Waals surface area contributed by atoms with Crippen molar-refractivity contribution in [1.29, 1.82) is 0 Å². The molecule has 1 amide bonds. The fraction of sp³-hybridized carbons (Fsp3) is 0.200. The van der Waals surface area contributed by atoms with Gasteiger partial charge in [0.25, 0.3) is 5.91 Å². The molecule has 0 unspecified atom stereocenters. The number of aromatic carboxylic acids is 1. The van der Waals surface area contributed by atoms with E-state index in [4.69, 9.17) is 5.11 Å². The Bertz CT molecular complexity index is 573. The van der Waals surface area contributed by atoms with Crippen LogP contribution in [0.15, 0.2) is 42.5 Å². The molecule has 0 bridgehead atoms. The number of carboxylic acids is 1. The minimum Gasteiger partial charge on any atom is -0.478 e. The van der Waals surface area contributed by atoms with Crippen molar-refractivity contribution in [1.82, 2.24) is 0 Å². The molecule has 0 saturated heterocycles. The molecule has 1 aliphatic rings. The van der Waals surface area contributed by atoms with E-state index in [1.54, 1.807) is 35.3 Å². The van der Waals surface area contributed by atoms with Crippen LogP contribution in [-0.4, -0.2) is 23.5 Å². The molecule has 98 valence electrons. The Morgan fingerprint density at radius 1 is 1.32 bits per heavy atom. The van der Waals surface area contributed by atoms with E-state index in [9.17, 15) is 9.59 Å². The number of amides is 1. The Hall–Kier alpha value is -2.36. The molecule has 1 heterocycles. The molecule has 4 heteroatoms. The zero-order valence-electron chi connectivity index (χ0n) is 10.7. The second kappa shape index (κ2) is 5.52. The molecule has 1 aromatic carbocycles. The first-order chi connectivity index (χ1) is 9.13. The molecule has 1 N–H and O–H groups in total. The van der Waals surface area contributed by atoms with Gasteiger partial charge < -0.3 is 10.0 Å². The van der Waals surface area contributed by atoms with E-state index in [0.29, 0.717) is 12.2 Å². The van der Waals surface area contributed by atoms with Gasteiger partial charge >= 0.3 is 5.97 Å². The lowest BCUT2D eigenvalue weighted by atomic mass is 10.1. The molecule has 0 saturated carbocycles. The monoisotopic (exact) mass is 257 g/mol. The standard InChI is InChI=1S/C15H15NO3/c1-2-3-4-5-14(17)16-9-8-11-6-7-12(15(18)19)10-13(11)16/h2-7,10H,8-9H2,1H3,(H,18,19). The van der Waals surface area contributed by atoms with Crippen LogP contribution in [0.1, 0.15) is 22.8 Å². The summed E-state index contributed by atoms with van der Waals surface area (Å²) < 4.78 is 0. The van der Waals surface area contributed by atoms with Crippen molar-refractivity contribution < 1.29 is 14.7 Å². The average molecular weight is 257 g/mol. The Balaban J connectivity index is 2.27. The van der Waals surface area contributed by atoms with E-state index in [0.717, 1.165) is 12.0 Å². The molecular weight excluding hydrogens is 242 g/mol. The van der Waals surface area contributed by atoms with Crippen molar-refractivity contribution in [3.05, 3.63) is 53.6 Å². The quantitative estimate of drug-likeness (QED) is 0.668. The summed E-state index contributed by atoms with van der Waals surface area (Å²) in [7, 11) is 0. The van der Waals surface area contributed by atoms with Crippen LogP contribution in [0.2, 0.25) is 0 Å². The predicted octanol–water partition coefficient (Wildman–Crippen LogP) is 2.41. The lowest BCUT2D eigenvalue weighted by Gasteiger charge is -2.15. The van der Waals surface area contributed by atoms with Crippen LogP contribution in [-0.2, 0) is 11.2 Å². The molecule has 0 aliphatic carbocycles. The van der Waals surface area contributed by atoms with Gasteiger partial charge in [0.1, 0.15) is 0 Å². The van der Waals surface area contributed by atoms with Gasteiger partial charge in [-0.2, -0.15) is 0 Å². The fourth-order valence-electron chi connectivity index (χ4n) is 2.08. The van der Waals surface area contributed by atoms with Crippen LogP contribution < -0.4 is 4.90 Å². The molecule has 4 nitrogen and oxygen atoms in total. The molecule has 0 atom stereocenters. The zero-order valence-corrected chi connectivity index (χ0v) is 10.7. The van der Waals surface area contributed by atoms with Gasteiger partial charge in [-0.3, -0.25) is 4.79 Å². The van der Waals surface area contributed by atoms with E-state index in [2.05, 4.69) is 0 Å². The topological polar surface area (TPSA) is 57.6 Å². The van der Waals surface area contributed by atoms with E-state index in [1.165, 1.54) is 6.08 Å². The first-order valence-electron chi connectivity index (χ1n) is 6.10. The largest absolute Gasteiger partial charge is 0.478 e. The number of allylic oxidation sites excluding steroid dienone is 3. The number of hydrogen-bond acceptors (Lipinski definition) is 2. The molecular formula is C15H15NO3. The fourth-order valence-corrected chi connectivity index (χ4v) is 2.08. The highest BCUT2D eigenvalue weighted by molar-refractivity contribution is 6.04. The maximum atomic E-state index is 12.0. The average Bonchev–Trinajstić information content (AvgIpc) is 2.81. The number of benzene rings is 1. The summed E-state index contributed by atoms with van der Waals surface area (Å²) in [6.45, 7) is 2.47. The first kappa shape index (κ1) is 13.1. The van der Waals surface area contributed by atoms with Gasteiger partial charge in [0.2, 0.25) is 0 Å². The summed E-state index contributed by atoms with van der Waals surface area (Å²) in [6, 6.07) is 4.92. The minimum atomic E-state index is -0.980. The third kappa shape index (κ3) is 2.73. The van der Waals surface area contributed by atoms with Crippen molar-refractivity contribution in [3.8, 4) is 0 Å². The molecule has 1 aliphatic heterocycles. The molecule has 2 rings (SSSR count). The molecule has 0 radical (unpaired) electrons. The van der Waals surface area contributed by atoms with Gasteiger partial charge in [0, 0.05) is 18.3 Å². The minimum absolute atomic E-state index is 0.126.